The standard InChI is InChI=1S/C11H15N3O4/c15-10(9-2-1-3-18-9)14-8(11(16)17)4-7-5-12-6-13-7/h5-6,8-9H,1-4H2,(H,12,13)(H,14,15)(H,16,17)/t8-,9-/m1/s1. The molecule has 0 aromatic carbocycles. The first-order valence-electron chi connectivity index (χ1n) is 5.79. The molecule has 1 aromatic heterocycles. The first-order valence-corrected chi connectivity index (χ1v) is 5.79. The molecule has 1 saturated heterocycles. The number of rotatable bonds is 5. The number of aromatic nitrogens is 2. The second-order valence-electron chi connectivity index (χ2n) is 4.18. The molecule has 1 amide bonds. The number of carboxylic acid groups (broad SMARTS) is 1. The van der Waals surface area contributed by atoms with Crippen LogP contribution in [0, 0.1) is 0 Å². The van der Waals surface area contributed by atoms with Gasteiger partial charge in [-0.3, -0.25) is 4.79 Å². The van der Waals surface area contributed by atoms with Gasteiger partial charge in [0.2, 0.25) is 5.91 Å². The minimum atomic E-state index is -1.07. The molecule has 0 aliphatic carbocycles. The van der Waals surface area contributed by atoms with E-state index in [-0.39, 0.29) is 12.3 Å². The Hall–Kier alpha value is -1.89. The van der Waals surface area contributed by atoms with E-state index in [0.717, 1.165) is 6.42 Å². The third kappa shape index (κ3) is 3.07. The molecule has 7 nitrogen and oxygen atoms in total. The second-order valence-corrected chi connectivity index (χ2v) is 4.18. The summed E-state index contributed by atoms with van der Waals surface area (Å²) in [5.74, 6) is -1.43. The number of imidazole rings is 1. The molecule has 2 heterocycles. The third-order valence-corrected chi connectivity index (χ3v) is 2.82. The van der Waals surface area contributed by atoms with Gasteiger partial charge in [-0.15, -0.1) is 0 Å². The molecule has 1 aromatic rings. The average Bonchev–Trinajstić information content (AvgIpc) is 3.00. The summed E-state index contributed by atoms with van der Waals surface area (Å²) >= 11 is 0. The number of amides is 1. The lowest BCUT2D eigenvalue weighted by atomic mass is 10.1. The summed E-state index contributed by atoms with van der Waals surface area (Å²) in [6.45, 7) is 0.552. The predicted octanol–water partition coefficient (Wildman–Crippen LogP) is -0.299. The van der Waals surface area contributed by atoms with E-state index < -0.39 is 18.1 Å². The van der Waals surface area contributed by atoms with Gasteiger partial charge >= 0.3 is 5.97 Å². The Balaban J connectivity index is 1.93. The van der Waals surface area contributed by atoms with E-state index >= 15 is 0 Å². The van der Waals surface area contributed by atoms with Crippen molar-refractivity contribution in [1.29, 1.82) is 0 Å². The second kappa shape index (κ2) is 5.63. The van der Waals surface area contributed by atoms with Crippen LogP contribution in [0.1, 0.15) is 18.5 Å². The molecule has 18 heavy (non-hydrogen) atoms. The van der Waals surface area contributed by atoms with E-state index in [1.54, 1.807) is 0 Å². The van der Waals surface area contributed by atoms with E-state index in [9.17, 15) is 9.59 Å². The predicted molar refractivity (Wildman–Crippen MR) is 60.8 cm³/mol. The number of carbonyl (C=O) groups excluding carboxylic acids is 1. The summed E-state index contributed by atoms with van der Waals surface area (Å²) in [6.07, 6.45) is 4.13. The van der Waals surface area contributed by atoms with Crippen molar-refractivity contribution in [1.82, 2.24) is 15.3 Å². The molecule has 1 fully saturated rings. The van der Waals surface area contributed by atoms with Crippen molar-refractivity contribution in [2.24, 2.45) is 0 Å². The highest BCUT2D eigenvalue weighted by Crippen LogP contribution is 2.12. The quantitative estimate of drug-likeness (QED) is 0.668. The van der Waals surface area contributed by atoms with Crippen molar-refractivity contribution in [3.63, 3.8) is 0 Å². The zero-order valence-electron chi connectivity index (χ0n) is 9.76. The molecule has 1 aliphatic rings. The van der Waals surface area contributed by atoms with Gasteiger partial charge in [-0.1, -0.05) is 0 Å². The van der Waals surface area contributed by atoms with Gasteiger partial charge in [-0.05, 0) is 12.8 Å². The van der Waals surface area contributed by atoms with Crippen molar-refractivity contribution >= 4 is 11.9 Å². The fraction of sp³-hybridized carbons (Fsp3) is 0.545. The van der Waals surface area contributed by atoms with Gasteiger partial charge in [0, 0.05) is 24.9 Å². The number of carboxylic acids is 1. The zero-order chi connectivity index (χ0) is 13.0. The highest BCUT2D eigenvalue weighted by molar-refractivity contribution is 5.86. The molecule has 0 unspecified atom stereocenters. The Morgan fingerprint density at radius 1 is 1.67 bits per heavy atom. The van der Waals surface area contributed by atoms with Crippen LogP contribution in [0.25, 0.3) is 0 Å². The van der Waals surface area contributed by atoms with Crippen molar-refractivity contribution in [2.75, 3.05) is 6.61 Å². The summed E-state index contributed by atoms with van der Waals surface area (Å²) in [7, 11) is 0. The first-order chi connectivity index (χ1) is 8.66. The summed E-state index contributed by atoms with van der Waals surface area (Å²) in [5, 5.41) is 11.6. The smallest absolute Gasteiger partial charge is 0.326 e. The highest BCUT2D eigenvalue weighted by Gasteiger charge is 2.28. The minimum Gasteiger partial charge on any atom is -0.480 e. The summed E-state index contributed by atoms with van der Waals surface area (Å²) in [6, 6.07) is -0.970. The molecule has 0 saturated carbocycles. The lowest BCUT2D eigenvalue weighted by Gasteiger charge is -2.16. The summed E-state index contributed by atoms with van der Waals surface area (Å²) < 4.78 is 5.21. The van der Waals surface area contributed by atoms with Crippen LogP contribution < -0.4 is 5.32 Å². The SMILES string of the molecule is O=C(O)[C@@H](Cc1cnc[nH]1)NC(=O)[C@H]1CCCO1. The third-order valence-electron chi connectivity index (χ3n) is 2.82. The van der Waals surface area contributed by atoms with Gasteiger partial charge in [0.05, 0.1) is 6.33 Å². The zero-order valence-corrected chi connectivity index (χ0v) is 9.76. The van der Waals surface area contributed by atoms with Crippen LogP contribution in [0.15, 0.2) is 12.5 Å². The Kier molecular flexibility index (Phi) is 3.93. The van der Waals surface area contributed by atoms with Crippen LogP contribution in [0.4, 0.5) is 0 Å². The van der Waals surface area contributed by atoms with Gasteiger partial charge in [-0.25, -0.2) is 9.78 Å². The average molecular weight is 253 g/mol. The van der Waals surface area contributed by atoms with Crippen LogP contribution >= 0.6 is 0 Å². The number of carbonyl (C=O) groups is 2. The number of hydrogen-bond acceptors (Lipinski definition) is 4. The molecule has 0 bridgehead atoms. The molecule has 7 heteroatoms. The maximum absolute atomic E-state index is 11.8. The minimum absolute atomic E-state index is 0.174. The molecule has 2 atom stereocenters. The topological polar surface area (TPSA) is 104 Å². The van der Waals surface area contributed by atoms with Gasteiger partial charge in [-0.2, -0.15) is 0 Å². The number of ether oxygens (including phenoxy) is 1. The highest BCUT2D eigenvalue weighted by atomic mass is 16.5. The van der Waals surface area contributed by atoms with Crippen LogP contribution in [0.5, 0.6) is 0 Å². The summed E-state index contributed by atoms with van der Waals surface area (Å²) in [5.41, 5.74) is 0.662. The van der Waals surface area contributed by atoms with Gasteiger partial charge < -0.3 is 20.1 Å². The largest absolute Gasteiger partial charge is 0.480 e. The molecule has 1 aliphatic heterocycles. The van der Waals surface area contributed by atoms with Crippen LogP contribution in [0.3, 0.4) is 0 Å². The van der Waals surface area contributed by atoms with E-state index in [4.69, 9.17) is 9.84 Å². The number of aromatic amines is 1. The van der Waals surface area contributed by atoms with Crippen molar-refractivity contribution in [2.45, 2.75) is 31.4 Å². The molecular formula is C11H15N3O4. The summed E-state index contributed by atoms with van der Waals surface area (Å²) in [4.78, 5) is 29.5. The fourth-order valence-corrected chi connectivity index (χ4v) is 1.87. The molecule has 98 valence electrons. The van der Waals surface area contributed by atoms with Crippen LogP contribution in [-0.4, -0.2) is 45.7 Å². The maximum Gasteiger partial charge on any atom is 0.326 e. The van der Waals surface area contributed by atoms with Gasteiger partial charge in [0.15, 0.2) is 0 Å². The number of nitrogens with one attached hydrogen (secondary N) is 2. The van der Waals surface area contributed by atoms with Gasteiger partial charge in [0.1, 0.15) is 12.1 Å². The molecule has 0 spiro atoms. The Morgan fingerprint density at radius 3 is 3.06 bits per heavy atom. The molecule has 3 N–H and O–H groups in total. The Morgan fingerprint density at radius 2 is 2.50 bits per heavy atom. The van der Waals surface area contributed by atoms with E-state index in [1.807, 2.05) is 0 Å². The van der Waals surface area contributed by atoms with Crippen molar-refractivity contribution in [3.05, 3.63) is 18.2 Å². The Bertz CT molecular complexity index is 412. The monoisotopic (exact) mass is 253 g/mol. The van der Waals surface area contributed by atoms with Crippen LogP contribution in [-0.2, 0) is 20.7 Å². The Labute approximate surface area is 104 Å². The number of aliphatic carboxylic acids is 1. The number of H-pyrrole nitrogens is 1. The number of hydrogen-bond donors (Lipinski definition) is 3. The van der Waals surface area contributed by atoms with Crippen LogP contribution in [0.2, 0.25) is 0 Å². The maximum atomic E-state index is 11.8. The lowest BCUT2D eigenvalue weighted by Crippen LogP contribution is -2.46. The van der Waals surface area contributed by atoms with Crippen molar-refractivity contribution in [3.8, 4) is 0 Å². The van der Waals surface area contributed by atoms with E-state index in [0.29, 0.717) is 18.7 Å². The van der Waals surface area contributed by atoms with E-state index in [1.165, 1.54) is 12.5 Å². The molecule has 0 radical (unpaired) electrons. The fourth-order valence-electron chi connectivity index (χ4n) is 1.87. The lowest BCUT2D eigenvalue weighted by molar-refractivity contribution is -0.143. The van der Waals surface area contributed by atoms with Crippen molar-refractivity contribution < 1.29 is 19.4 Å². The van der Waals surface area contributed by atoms with Gasteiger partial charge in [0.25, 0.3) is 0 Å². The molecular weight excluding hydrogens is 238 g/mol. The molecule has 2 rings (SSSR count). The van der Waals surface area contributed by atoms with E-state index in [2.05, 4.69) is 15.3 Å². The number of nitrogens with zero attached hydrogens (tertiary/aromatic N) is 1. The first kappa shape index (κ1) is 12.6. The normalized spacial score (nSPS) is 20.6.